The fraction of sp³-hybridized carbons (Fsp3) is 0.923. The maximum atomic E-state index is 13.8. The van der Waals surface area contributed by atoms with E-state index >= 15 is 0 Å². The maximum absolute atomic E-state index is 13.8. The molecular formula is C52H92N8Ni2O8-4. The van der Waals surface area contributed by atoms with Crippen LogP contribution in [0.2, 0.25) is 0 Å². The standard InChI is InChI=1S/C52H96N8O8.2Ni/c1-45(2)33-53-37-50(10)42(62)58-46(3,4)34-54-38-49(9,41(61)57-45)65-29-25-21-17-13-14-19-23-27-31-67-51(11)39-55-35-48(7,8)60-44(64)52(12,40-56-36-47(5,6)59-43(51)63)68-32-28-24-20-16-15-18-22-26-30-66-50;;/h13-40H2,1-12H3,(H,57,61)(H,58,62)(H,59,63)(H,60,64);;/q-4;2*+2/p-4. The predicted molar refractivity (Wildman–Crippen MR) is 270 cm³/mol. The van der Waals surface area contributed by atoms with E-state index in [2.05, 4.69) is 20.0 Å². The second-order valence-electron chi connectivity index (χ2n) is 23.1. The first-order valence-corrected chi connectivity index (χ1v) is 25.9. The third-order valence-corrected chi connectivity index (χ3v) is 12.8. The molecule has 0 amide bonds. The smallest absolute Gasteiger partial charge is 0.860 e. The first-order chi connectivity index (χ1) is 31.8. The predicted octanol–water partition coefficient (Wildman–Crippen LogP) is 7.01. The number of hydrogen-bond donors (Lipinski definition) is 0. The molecule has 0 saturated carbocycles. The normalized spacial score (nSPS) is 32.4. The van der Waals surface area contributed by atoms with Crippen molar-refractivity contribution in [2.45, 2.75) is 230 Å². The molecule has 0 aromatic heterocycles. The minimum absolute atomic E-state index is 0. The van der Waals surface area contributed by atoms with Gasteiger partial charge in [-0.3, -0.25) is 20.0 Å². The zero-order valence-corrected chi connectivity index (χ0v) is 47.3. The molecule has 0 saturated heterocycles. The van der Waals surface area contributed by atoms with Gasteiger partial charge in [-0.15, -0.1) is 52.4 Å². The number of rotatable bonds is 0. The molecule has 6 rings (SSSR count). The summed E-state index contributed by atoms with van der Waals surface area (Å²) >= 11 is 0. The van der Waals surface area contributed by atoms with E-state index in [1.807, 2.05) is 55.4 Å². The molecule has 16 nitrogen and oxygen atoms in total. The van der Waals surface area contributed by atoms with E-state index in [1.54, 1.807) is 27.7 Å². The quantitative estimate of drug-likeness (QED) is 0.228. The van der Waals surface area contributed by atoms with Crippen LogP contribution in [-0.4, -0.2) is 147 Å². The molecule has 0 spiro atoms. The van der Waals surface area contributed by atoms with Gasteiger partial charge in [-0.1, -0.05) is 77.0 Å². The van der Waals surface area contributed by atoms with Gasteiger partial charge >= 0.3 is 33.0 Å². The molecule has 0 N–H and O–H groups in total. The van der Waals surface area contributed by atoms with Crippen molar-refractivity contribution in [2.24, 2.45) is 20.0 Å². The van der Waals surface area contributed by atoms with Crippen molar-refractivity contribution in [3.8, 4) is 0 Å². The Morgan fingerprint density at radius 2 is 0.443 bits per heavy atom. The number of ether oxygens (including phenoxy) is 4. The van der Waals surface area contributed by atoms with Crippen LogP contribution in [0.1, 0.15) is 186 Å². The fourth-order valence-corrected chi connectivity index (χ4v) is 8.30. The second-order valence-corrected chi connectivity index (χ2v) is 23.1. The van der Waals surface area contributed by atoms with E-state index in [0.717, 1.165) is 103 Å². The summed E-state index contributed by atoms with van der Waals surface area (Å²) < 4.78 is 25.3. The number of hydrogen-bond acceptors (Lipinski definition) is 12. The Bertz CT molecular complexity index is 1400. The Balaban J connectivity index is 0.0000122. The fourth-order valence-electron chi connectivity index (χ4n) is 8.30. The Morgan fingerprint density at radius 1 is 0.286 bits per heavy atom. The Labute approximate surface area is 444 Å². The van der Waals surface area contributed by atoms with Crippen LogP contribution < -0.4 is 20.4 Å². The first kappa shape index (κ1) is 66.6. The summed E-state index contributed by atoms with van der Waals surface area (Å²) in [4.78, 5) is 18.4. The van der Waals surface area contributed by atoms with Crippen LogP contribution in [0.25, 0.3) is 21.3 Å². The molecule has 0 fully saturated rings. The van der Waals surface area contributed by atoms with Crippen LogP contribution in [0, 0.1) is 0 Å². The molecule has 6 aliphatic heterocycles. The van der Waals surface area contributed by atoms with Gasteiger partial charge in [0.15, 0.2) is 0 Å². The molecule has 18 heteroatoms. The first-order valence-electron chi connectivity index (χ1n) is 25.9. The average molecular weight is 1070 g/mol. The minimum Gasteiger partial charge on any atom is -0.860 e. The molecule has 4 atom stereocenters. The summed E-state index contributed by atoms with van der Waals surface area (Å²) in [5.41, 5.74) is -8.30. The molecule has 4 bridgehead atoms. The van der Waals surface area contributed by atoms with Crippen molar-refractivity contribution in [1.82, 2.24) is 0 Å². The van der Waals surface area contributed by atoms with Crippen LogP contribution in [-0.2, 0) is 51.9 Å². The molecule has 6 aliphatic rings. The van der Waals surface area contributed by atoms with Gasteiger partial charge in [-0.05, 0) is 132 Å². The number of nitrogens with zero attached hydrogens (tertiary/aromatic N) is 8. The van der Waals surface area contributed by atoms with Crippen molar-refractivity contribution in [3.05, 3.63) is 21.3 Å². The van der Waals surface area contributed by atoms with Crippen molar-refractivity contribution >= 4 is 23.6 Å². The molecule has 0 aromatic carbocycles. The third kappa shape index (κ3) is 24.3. The average Bonchev–Trinajstić information content (AvgIpc) is 3.22. The van der Waals surface area contributed by atoms with Gasteiger partial charge in [0, 0.05) is 48.6 Å². The molecular weight excluding hydrogens is 982 g/mol. The van der Waals surface area contributed by atoms with E-state index < -0.39 is 44.6 Å². The van der Waals surface area contributed by atoms with Gasteiger partial charge in [0.2, 0.25) is 0 Å². The van der Waals surface area contributed by atoms with Crippen LogP contribution in [0.3, 0.4) is 0 Å². The summed E-state index contributed by atoms with van der Waals surface area (Å²) in [5, 5.41) is 74.3. The molecule has 4 unspecified atom stereocenters. The van der Waals surface area contributed by atoms with Crippen molar-refractivity contribution in [2.75, 3.05) is 78.8 Å². The largest absolute Gasteiger partial charge is 2.00 e. The van der Waals surface area contributed by atoms with Gasteiger partial charge in [-0.2, -0.15) is 0 Å². The Morgan fingerprint density at radius 3 is 0.614 bits per heavy atom. The molecule has 6 heterocycles. The van der Waals surface area contributed by atoms with Gasteiger partial charge < -0.3 is 60.6 Å². The van der Waals surface area contributed by atoms with E-state index in [0.29, 0.717) is 26.4 Å². The van der Waals surface area contributed by atoms with Crippen molar-refractivity contribution in [1.29, 1.82) is 0 Å². The SMILES string of the molecule is CC1(C)C[N-]CC2(C)OCCCCCCCCCCOC3(C)C[N-]CC(C)(C)N=C([O-])C(C)(C[N-]CC(C)(C)N=C3[O-])OCCCCCCCCCCOC(C)(C[N-]CC(C)(C)N=C2[O-])C([O-])=N1.[Ni+2].[Ni+2]. The zero-order chi connectivity index (χ0) is 50.6. The summed E-state index contributed by atoms with van der Waals surface area (Å²) in [6.07, 6.45) is 15.5. The van der Waals surface area contributed by atoms with Crippen molar-refractivity contribution < 1.29 is 72.4 Å². The van der Waals surface area contributed by atoms with Gasteiger partial charge in [-0.25, -0.2) is 0 Å². The number of aliphatic imine (C=N–C) groups is 4. The maximum Gasteiger partial charge on any atom is 2.00 e. The van der Waals surface area contributed by atoms with Gasteiger partial charge in [0.25, 0.3) is 0 Å². The summed E-state index contributed by atoms with van der Waals surface area (Å²) in [6.45, 7) is 24.9. The summed E-state index contributed by atoms with van der Waals surface area (Å²) in [7, 11) is 0. The zero-order valence-electron chi connectivity index (χ0n) is 45.3. The molecule has 412 valence electrons. The van der Waals surface area contributed by atoms with Crippen LogP contribution in [0.15, 0.2) is 20.0 Å². The Hall–Kier alpha value is -1.45. The third-order valence-electron chi connectivity index (χ3n) is 12.8. The summed E-state index contributed by atoms with van der Waals surface area (Å²) in [6, 6.07) is 0. The molecule has 0 aromatic rings. The Kier molecular flexibility index (Phi) is 29.3. The summed E-state index contributed by atoms with van der Waals surface area (Å²) in [5.74, 6) is -1.45. The van der Waals surface area contributed by atoms with E-state index in [-0.39, 0.29) is 109 Å². The van der Waals surface area contributed by atoms with E-state index in [1.165, 1.54) is 0 Å². The van der Waals surface area contributed by atoms with E-state index in [4.69, 9.17) is 40.2 Å². The molecule has 70 heavy (non-hydrogen) atoms. The van der Waals surface area contributed by atoms with Gasteiger partial charge in [0.1, 0.15) is 0 Å². The molecule has 0 aliphatic carbocycles. The molecule has 0 radical (unpaired) electrons. The van der Waals surface area contributed by atoms with Crippen molar-refractivity contribution in [3.63, 3.8) is 0 Å². The van der Waals surface area contributed by atoms with E-state index in [9.17, 15) is 20.4 Å². The monoisotopic (exact) mass is 1070 g/mol. The topological polar surface area (TPSA) is 235 Å². The minimum atomic E-state index is -1.25. The van der Waals surface area contributed by atoms with Crippen LogP contribution in [0.4, 0.5) is 0 Å². The van der Waals surface area contributed by atoms with Gasteiger partial charge in [0.05, 0.1) is 22.4 Å². The second kappa shape index (κ2) is 30.8. The van der Waals surface area contributed by atoms with Crippen LogP contribution in [0.5, 0.6) is 0 Å². The van der Waals surface area contributed by atoms with Crippen LogP contribution >= 0.6 is 0 Å².